The Hall–Kier alpha value is -4.68. The van der Waals surface area contributed by atoms with E-state index in [0.717, 1.165) is 19.8 Å². The molecule has 1 aliphatic carbocycles. The molecule has 2 saturated heterocycles. The molecule has 2 aromatic carbocycles. The molecule has 6 rings (SSSR count). The van der Waals surface area contributed by atoms with Crippen LogP contribution in [0.4, 0.5) is 18.9 Å². The topological polar surface area (TPSA) is 106 Å². The summed E-state index contributed by atoms with van der Waals surface area (Å²) in [5.74, 6) is -7.57. The number of hydrogen-bond donors (Lipinski definition) is 1. The second-order valence-corrected chi connectivity index (χ2v) is 12.5. The lowest BCUT2D eigenvalue weighted by atomic mass is 9.82. The molecule has 0 amide bonds. The summed E-state index contributed by atoms with van der Waals surface area (Å²) in [4.78, 5) is 16.8. The monoisotopic (exact) mass is 591 g/mol. The van der Waals surface area contributed by atoms with Gasteiger partial charge in [0.05, 0.1) is 16.2 Å². The molecule has 42 heavy (non-hydrogen) atoms. The van der Waals surface area contributed by atoms with Crippen LogP contribution in [0.25, 0.3) is 10.4 Å². The second-order valence-electron chi connectivity index (χ2n) is 10.6. The summed E-state index contributed by atoms with van der Waals surface area (Å²) in [6.07, 6.45) is 6.23. The number of carbonyl (C=O) groups is 1. The van der Waals surface area contributed by atoms with E-state index < -0.39 is 55.5 Å². The van der Waals surface area contributed by atoms with Crippen LogP contribution in [0.5, 0.6) is 0 Å². The van der Waals surface area contributed by atoms with Gasteiger partial charge in [-0.1, -0.05) is 6.07 Å². The average molecular weight is 592 g/mol. The van der Waals surface area contributed by atoms with Crippen molar-refractivity contribution in [2.45, 2.75) is 30.2 Å². The third-order valence-corrected chi connectivity index (χ3v) is 10.0. The van der Waals surface area contributed by atoms with E-state index >= 15 is 13.2 Å². The molecule has 0 bridgehead atoms. The van der Waals surface area contributed by atoms with Crippen molar-refractivity contribution in [2.75, 3.05) is 31.1 Å². The fourth-order valence-electron chi connectivity index (χ4n) is 5.62. The molecule has 12 heteroatoms. The largest absolute Gasteiger partial charge is 0.478 e. The highest BCUT2D eigenvalue weighted by Crippen LogP contribution is 2.49. The van der Waals surface area contributed by atoms with Gasteiger partial charge in [0, 0.05) is 60.1 Å². The number of carboxylic acids is 1. The number of allylic oxidation sites excluding steroid dienone is 4. The third kappa shape index (κ3) is 3.75. The van der Waals surface area contributed by atoms with E-state index in [-0.39, 0.29) is 26.5 Å². The minimum Gasteiger partial charge on any atom is -0.478 e. The lowest BCUT2D eigenvalue weighted by Gasteiger charge is -2.35. The van der Waals surface area contributed by atoms with Gasteiger partial charge in [0.1, 0.15) is 30.0 Å². The number of aromatic carboxylic acids is 1. The number of nitrogens with zero attached hydrogens (tertiary/aromatic N) is 4. The van der Waals surface area contributed by atoms with E-state index in [1.807, 2.05) is 9.48 Å². The number of rotatable bonds is 4. The van der Waals surface area contributed by atoms with Gasteiger partial charge in [-0.2, -0.15) is 5.26 Å². The van der Waals surface area contributed by atoms with Crippen molar-refractivity contribution in [3.8, 4) is 6.07 Å². The van der Waals surface area contributed by atoms with Gasteiger partial charge in [0.2, 0.25) is 15.5 Å². The number of hydrogen-bond acceptors (Lipinski definition) is 5. The summed E-state index contributed by atoms with van der Waals surface area (Å²) in [7, 11) is -4.25. The SMILES string of the molecule is [C-]#[N+]C(C)(C#N)c1c(F)c(F)c(C(=O)O)c(C2=C3C=CC(=[N+]4CCC4)C=C3S(=O)(=O)c3cc(N4CCC4)ccc32)c1F. The first-order valence-electron chi connectivity index (χ1n) is 13.1. The highest BCUT2D eigenvalue weighted by Gasteiger charge is 2.47. The zero-order valence-corrected chi connectivity index (χ0v) is 23.0. The van der Waals surface area contributed by atoms with Gasteiger partial charge < -0.3 is 10.0 Å². The maximum Gasteiger partial charge on any atom is 0.343 e. The molecule has 1 atom stereocenters. The Morgan fingerprint density at radius 1 is 1.14 bits per heavy atom. The van der Waals surface area contributed by atoms with Crippen LogP contribution in [0.15, 0.2) is 51.8 Å². The van der Waals surface area contributed by atoms with Gasteiger partial charge in [-0.3, -0.25) is 4.85 Å². The molecule has 1 N–H and O–H groups in total. The fraction of sp³-hybridized carbons (Fsp3) is 0.267. The second kappa shape index (κ2) is 9.43. The molecule has 0 saturated carbocycles. The zero-order valence-electron chi connectivity index (χ0n) is 22.2. The molecular weight excluding hydrogens is 569 g/mol. The summed E-state index contributed by atoms with van der Waals surface area (Å²) in [5.41, 5.74) is -5.45. The Kier molecular flexibility index (Phi) is 6.17. The van der Waals surface area contributed by atoms with E-state index in [4.69, 9.17) is 6.57 Å². The Balaban J connectivity index is 1.77. The van der Waals surface area contributed by atoms with Crippen molar-refractivity contribution in [1.29, 1.82) is 5.26 Å². The normalized spacial score (nSPS) is 19.9. The first kappa shape index (κ1) is 27.5. The lowest BCUT2D eigenvalue weighted by molar-refractivity contribution is -0.582. The van der Waals surface area contributed by atoms with Crippen LogP contribution < -0.4 is 4.90 Å². The number of sulfone groups is 1. The van der Waals surface area contributed by atoms with Crippen molar-refractivity contribution in [3.05, 3.63) is 98.0 Å². The zero-order chi connectivity index (χ0) is 30.1. The van der Waals surface area contributed by atoms with Gasteiger partial charge in [-0.15, -0.1) is 0 Å². The quantitative estimate of drug-likeness (QED) is 0.317. The summed E-state index contributed by atoms with van der Waals surface area (Å²) >= 11 is 0. The summed E-state index contributed by atoms with van der Waals surface area (Å²) < 4.78 is 77.6. The highest BCUT2D eigenvalue weighted by atomic mass is 32.2. The predicted octanol–water partition coefficient (Wildman–Crippen LogP) is 4.57. The first-order valence-corrected chi connectivity index (χ1v) is 14.6. The lowest BCUT2D eigenvalue weighted by Crippen LogP contribution is -2.37. The van der Waals surface area contributed by atoms with Crippen molar-refractivity contribution >= 4 is 32.8 Å². The molecule has 1 unspecified atom stereocenters. The van der Waals surface area contributed by atoms with Crippen molar-refractivity contribution < 1.29 is 36.1 Å². The number of anilines is 1. The molecule has 0 radical (unpaired) electrons. The fourth-order valence-corrected chi connectivity index (χ4v) is 7.32. The maximum absolute atomic E-state index is 16.6. The van der Waals surface area contributed by atoms with Gasteiger partial charge in [0.15, 0.2) is 17.7 Å². The van der Waals surface area contributed by atoms with Gasteiger partial charge >= 0.3 is 11.5 Å². The Morgan fingerprint density at radius 3 is 2.40 bits per heavy atom. The van der Waals surface area contributed by atoms with Crippen LogP contribution in [-0.2, 0) is 15.4 Å². The van der Waals surface area contributed by atoms with Crippen molar-refractivity contribution in [1.82, 2.24) is 0 Å². The van der Waals surface area contributed by atoms with E-state index in [1.165, 1.54) is 30.4 Å². The van der Waals surface area contributed by atoms with Gasteiger partial charge in [-0.05, 0) is 24.6 Å². The van der Waals surface area contributed by atoms with Gasteiger partial charge in [-0.25, -0.2) is 37.5 Å². The molecule has 0 aromatic heterocycles. The van der Waals surface area contributed by atoms with Crippen LogP contribution in [0.2, 0.25) is 0 Å². The summed E-state index contributed by atoms with van der Waals surface area (Å²) in [5, 5.41) is 19.6. The average Bonchev–Trinajstić information content (AvgIpc) is 2.90. The smallest absolute Gasteiger partial charge is 0.343 e. The molecule has 2 fully saturated rings. The third-order valence-electron chi connectivity index (χ3n) is 8.20. The number of halogens is 3. The molecule has 3 aliphatic heterocycles. The first-order chi connectivity index (χ1) is 19.9. The van der Waals surface area contributed by atoms with E-state index in [2.05, 4.69) is 4.85 Å². The molecule has 3 heterocycles. The molecule has 8 nitrogen and oxygen atoms in total. The van der Waals surface area contributed by atoms with E-state index in [0.29, 0.717) is 37.6 Å². The molecule has 212 valence electrons. The van der Waals surface area contributed by atoms with Crippen LogP contribution in [-0.4, -0.2) is 56.0 Å². The van der Waals surface area contributed by atoms with Gasteiger partial charge in [0.25, 0.3) is 0 Å². The van der Waals surface area contributed by atoms with Crippen LogP contribution in [0, 0.1) is 35.4 Å². The van der Waals surface area contributed by atoms with E-state index in [1.54, 1.807) is 12.1 Å². The molecule has 4 aliphatic rings. The Bertz CT molecular complexity index is 1940. The van der Waals surface area contributed by atoms with Crippen LogP contribution in [0.1, 0.15) is 46.8 Å². The van der Waals surface area contributed by atoms with Crippen molar-refractivity contribution in [2.24, 2.45) is 0 Å². The standard InChI is InChI=1S/C30H21F3N4O4S/c1-30(15-34,35-2)25-26(31)23(24(29(38)39)27(32)28(25)33)22-18-7-5-16(36-9-3-10-36)13-20(18)42(40,41)21-14-17(6-8-19(21)22)37-11-4-12-37/h5-8,13-14H,3-4,9-12H2,1H3/p+1. The summed E-state index contributed by atoms with van der Waals surface area (Å²) in [6.45, 7) is 11.1. The number of nitriles is 1. The molecule has 0 spiro atoms. The number of fused-ring (bicyclic) bond motifs is 2. The Labute approximate surface area is 239 Å². The number of benzene rings is 2. The van der Waals surface area contributed by atoms with Crippen LogP contribution >= 0.6 is 0 Å². The minimum atomic E-state index is -4.25. The number of carboxylic acid groups (broad SMARTS) is 1. The highest BCUT2D eigenvalue weighted by molar-refractivity contribution is 7.95. The minimum absolute atomic E-state index is 0.108. The molecule has 2 aromatic rings. The van der Waals surface area contributed by atoms with E-state index in [9.17, 15) is 23.6 Å². The van der Waals surface area contributed by atoms with Crippen molar-refractivity contribution in [3.63, 3.8) is 0 Å². The Morgan fingerprint density at radius 2 is 1.86 bits per heavy atom. The predicted molar refractivity (Wildman–Crippen MR) is 146 cm³/mol. The summed E-state index contributed by atoms with van der Waals surface area (Å²) in [6, 6.07) is 5.90. The molecular formula is C30H22F3N4O4S+. The maximum atomic E-state index is 16.6. The van der Waals surface area contributed by atoms with Crippen LogP contribution in [0.3, 0.4) is 0 Å².